The summed E-state index contributed by atoms with van der Waals surface area (Å²) in [5.41, 5.74) is 0.984. The average Bonchev–Trinajstić information content (AvgIpc) is 2.09. The number of aromatic nitrogens is 1. The Hall–Kier alpha value is -0.893. The van der Waals surface area contributed by atoms with Gasteiger partial charge in [-0.05, 0) is 6.04 Å². The number of hydrogen-bond donors (Lipinski definition) is 0. The van der Waals surface area contributed by atoms with Gasteiger partial charge in [0.05, 0.1) is 0 Å². The van der Waals surface area contributed by atoms with Crippen LogP contribution in [0.15, 0.2) is 24.5 Å². The van der Waals surface area contributed by atoms with Crippen LogP contribution in [0.3, 0.4) is 0 Å². The molecule has 0 spiro atoms. The fourth-order valence-electron chi connectivity index (χ4n) is 0.892. The molecule has 1 heterocycles. The molecule has 3 heteroatoms. The number of pyridine rings is 1. The molecule has 0 saturated heterocycles. The van der Waals surface area contributed by atoms with Crippen LogP contribution in [0, 0.1) is 12.6 Å². The third kappa shape index (κ3) is 2.62. The normalized spacial score (nSPS) is 8.00. The second-order valence-electron chi connectivity index (χ2n) is 2.15. The molecule has 0 unspecified atom stereocenters. The van der Waals surface area contributed by atoms with E-state index in [0.29, 0.717) is 0 Å². The second kappa shape index (κ2) is 5.72. The van der Waals surface area contributed by atoms with Gasteiger partial charge >= 0.3 is 18.9 Å². The predicted molar refractivity (Wildman–Crippen MR) is 43.5 cm³/mol. The van der Waals surface area contributed by atoms with Gasteiger partial charge in [0.1, 0.15) is 0 Å². The number of nitrogens with zero attached hydrogens (tertiary/aromatic N) is 2. The van der Waals surface area contributed by atoms with Gasteiger partial charge in [0.15, 0.2) is 0 Å². The van der Waals surface area contributed by atoms with Gasteiger partial charge in [0.2, 0.25) is 0 Å². The summed E-state index contributed by atoms with van der Waals surface area (Å²) < 4.78 is 0. The standard InChI is InChI=1S/C9H9N2.Li/c1-3-9(10-2)8-4-6-11-7-5-8;/h4-7H,3H2,1H3;/q-1;+1. The monoisotopic (exact) mass is 152 g/mol. The van der Waals surface area contributed by atoms with Crippen LogP contribution in [-0.4, -0.2) is 4.98 Å². The van der Waals surface area contributed by atoms with Crippen molar-refractivity contribution >= 4 is 0 Å². The summed E-state index contributed by atoms with van der Waals surface area (Å²) in [7, 11) is 0. The molecule has 1 aromatic heterocycles. The molecule has 0 aliphatic heterocycles. The maximum absolute atomic E-state index is 6.86. The Labute approximate surface area is 85.0 Å². The van der Waals surface area contributed by atoms with Gasteiger partial charge in [-0.15, -0.1) is 5.56 Å². The fraction of sp³-hybridized carbons (Fsp3) is 0.222. The smallest absolute Gasteiger partial charge is 0.454 e. The molecular weight excluding hydrogens is 143 g/mol. The Balaban J connectivity index is 0.00000121. The van der Waals surface area contributed by atoms with Gasteiger partial charge in [-0.1, -0.05) is 25.5 Å². The molecule has 0 bridgehead atoms. The van der Waals surface area contributed by atoms with E-state index in [1.54, 1.807) is 12.4 Å². The van der Waals surface area contributed by atoms with Crippen molar-refractivity contribution in [2.45, 2.75) is 13.3 Å². The third-order valence-electron chi connectivity index (χ3n) is 1.48. The van der Waals surface area contributed by atoms with Crippen molar-refractivity contribution < 1.29 is 18.9 Å². The van der Waals surface area contributed by atoms with Crippen molar-refractivity contribution in [3.63, 3.8) is 0 Å². The zero-order valence-corrected chi connectivity index (χ0v) is 7.41. The fourth-order valence-corrected chi connectivity index (χ4v) is 0.892. The van der Waals surface area contributed by atoms with Gasteiger partial charge in [-0.25, -0.2) is 0 Å². The Bertz CT molecular complexity index is 253. The van der Waals surface area contributed by atoms with E-state index in [2.05, 4.69) is 9.83 Å². The van der Waals surface area contributed by atoms with Crippen molar-refractivity contribution in [2.24, 2.45) is 0 Å². The molecule has 0 N–H and O–H groups in total. The van der Waals surface area contributed by atoms with E-state index < -0.39 is 0 Å². The van der Waals surface area contributed by atoms with Crippen molar-refractivity contribution in [3.05, 3.63) is 47.5 Å². The summed E-state index contributed by atoms with van der Waals surface area (Å²) in [5, 5.41) is 0. The molecule has 0 atom stereocenters. The van der Waals surface area contributed by atoms with Gasteiger partial charge < -0.3 is 4.85 Å². The van der Waals surface area contributed by atoms with E-state index in [4.69, 9.17) is 6.57 Å². The van der Waals surface area contributed by atoms with E-state index in [9.17, 15) is 0 Å². The van der Waals surface area contributed by atoms with Crippen LogP contribution in [0.1, 0.15) is 18.9 Å². The van der Waals surface area contributed by atoms with Crippen molar-refractivity contribution in [1.29, 1.82) is 0 Å². The van der Waals surface area contributed by atoms with Crippen LogP contribution < -0.4 is 18.9 Å². The quantitative estimate of drug-likeness (QED) is 0.404. The Morgan fingerprint density at radius 1 is 1.50 bits per heavy atom. The molecule has 0 aliphatic rings. The Kier molecular flexibility index (Phi) is 5.29. The van der Waals surface area contributed by atoms with Crippen LogP contribution in [0.25, 0.3) is 4.85 Å². The summed E-state index contributed by atoms with van der Waals surface area (Å²) in [5.74, 6) is 0. The van der Waals surface area contributed by atoms with E-state index in [0.717, 1.165) is 18.0 Å². The van der Waals surface area contributed by atoms with E-state index in [-0.39, 0.29) is 18.9 Å². The molecule has 56 valence electrons. The van der Waals surface area contributed by atoms with Crippen LogP contribution in [0.4, 0.5) is 0 Å². The Morgan fingerprint density at radius 2 is 2.08 bits per heavy atom. The predicted octanol–water partition coefficient (Wildman–Crippen LogP) is -0.705. The zero-order valence-electron chi connectivity index (χ0n) is 7.41. The van der Waals surface area contributed by atoms with Gasteiger partial charge in [0.25, 0.3) is 0 Å². The first kappa shape index (κ1) is 11.1. The average molecular weight is 152 g/mol. The van der Waals surface area contributed by atoms with Gasteiger partial charge in [0, 0.05) is 12.4 Å². The van der Waals surface area contributed by atoms with E-state index in [1.165, 1.54) is 0 Å². The maximum Gasteiger partial charge on any atom is 1.00 e. The van der Waals surface area contributed by atoms with Gasteiger partial charge in [-0.3, -0.25) is 11.6 Å². The molecule has 1 rings (SSSR count). The summed E-state index contributed by atoms with van der Waals surface area (Å²) >= 11 is 0. The number of rotatable bonds is 2. The molecule has 12 heavy (non-hydrogen) atoms. The van der Waals surface area contributed by atoms with Crippen LogP contribution >= 0.6 is 0 Å². The van der Waals surface area contributed by atoms with Crippen molar-refractivity contribution in [2.75, 3.05) is 0 Å². The topological polar surface area (TPSA) is 17.2 Å². The number of hydrogen-bond acceptors (Lipinski definition) is 1. The van der Waals surface area contributed by atoms with E-state index >= 15 is 0 Å². The van der Waals surface area contributed by atoms with Crippen LogP contribution in [-0.2, 0) is 0 Å². The first-order valence-electron chi connectivity index (χ1n) is 3.52. The molecule has 1 aromatic rings. The molecule has 0 saturated carbocycles. The molecule has 2 nitrogen and oxygen atoms in total. The largest absolute Gasteiger partial charge is 1.00 e. The Morgan fingerprint density at radius 3 is 2.50 bits per heavy atom. The minimum atomic E-state index is 0. The summed E-state index contributed by atoms with van der Waals surface area (Å²) in [6.45, 7) is 8.84. The molecular formula is C9H9LiN2. The molecule has 0 aliphatic carbocycles. The first-order chi connectivity index (χ1) is 5.38. The van der Waals surface area contributed by atoms with Crippen molar-refractivity contribution in [1.82, 2.24) is 4.98 Å². The minimum absolute atomic E-state index is 0. The second-order valence-corrected chi connectivity index (χ2v) is 2.15. The maximum atomic E-state index is 6.86. The SMILES string of the molecule is [C-]#[N+][C-](CC)c1ccncc1.[Li+]. The summed E-state index contributed by atoms with van der Waals surface area (Å²) in [6, 6.07) is 4.51. The first-order valence-corrected chi connectivity index (χ1v) is 3.52. The molecule has 0 fully saturated rings. The third-order valence-corrected chi connectivity index (χ3v) is 1.48. The molecule has 0 aromatic carbocycles. The van der Waals surface area contributed by atoms with Crippen LogP contribution in [0.5, 0.6) is 0 Å². The summed E-state index contributed by atoms with van der Waals surface area (Å²) in [6.07, 6.45) is 4.19. The molecule has 0 radical (unpaired) electrons. The zero-order chi connectivity index (χ0) is 8.10. The summed E-state index contributed by atoms with van der Waals surface area (Å²) in [4.78, 5) is 7.30. The van der Waals surface area contributed by atoms with Gasteiger partial charge in [-0.2, -0.15) is 0 Å². The van der Waals surface area contributed by atoms with E-state index in [1.807, 2.05) is 19.1 Å². The van der Waals surface area contributed by atoms with Crippen molar-refractivity contribution in [3.8, 4) is 0 Å². The molecule has 0 amide bonds. The van der Waals surface area contributed by atoms with Crippen LogP contribution in [0.2, 0.25) is 0 Å². The minimum Gasteiger partial charge on any atom is -0.454 e.